The van der Waals surface area contributed by atoms with Crippen molar-refractivity contribution in [3.8, 4) is 0 Å². The lowest BCUT2D eigenvalue weighted by Crippen LogP contribution is -2.50. The van der Waals surface area contributed by atoms with Crippen molar-refractivity contribution in [1.29, 1.82) is 0 Å². The second-order valence-corrected chi connectivity index (χ2v) is 8.49. The summed E-state index contributed by atoms with van der Waals surface area (Å²) in [5, 5.41) is 0.0412. The van der Waals surface area contributed by atoms with E-state index in [0.717, 1.165) is 25.9 Å². The fourth-order valence-electron chi connectivity index (χ4n) is 2.52. The molecule has 0 atom stereocenters. The maximum Gasteiger partial charge on any atom is 0.261 e. The Hall–Kier alpha value is -0.630. The van der Waals surface area contributed by atoms with Crippen molar-refractivity contribution < 1.29 is 8.42 Å². The predicted molar refractivity (Wildman–Crippen MR) is 82.9 cm³/mol. The van der Waals surface area contributed by atoms with E-state index in [0.29, 0.717) is 0 Å². The zero-order chi connectivity index (χ0) is 15.8. The first-order valence-electron chi connectivity index (χ1n) is 7.05. The highest BCUT2D eigenvalue weighted by atomic mass is 35.5. The maximum atomic E-state index is 12.3. The Morgan fingerprint density at radius 3 is 2.33 bits per heavy atom. The zero-order valence-electron chi connectivity index (χ0n) is 12.9. The van der Waals surface area contributed by atoms with Gasteiger partial charge in [-0.15, -0.1) is 0 Å². The third kappa shape index (κ3) is 3.77. The van der Waals surface area contributed by atoms with Gasteiger partial charge in [0.25, 0.3) is 10.0 Å². The van der Waals surface area contributed by atoms with E-state index in [-0.39, 0.29) is 21.8 Å². The molecule has 0 unspecified atom stereocenters. The number of aromatic nitrogens is 2. The number of piperidine rings is 1. The van der Waals surface area contributed by atoms with E-state index >= 15 is 0 Å². The minimum atomic E-state index is -3.66. The summed E-state index contributed by atoms with van der Waals surface area (Å²) in [6.07, 6.45) is 2.99. The molecule has 120 valence electrons. The monoisotopic (exact) mass is 334 g/mol. The summed E-state index contributed by atoms with van der Waals surface area (Å²) in [6.45, 7) is 8.28. The summed E-state index contributed by atoms with van der Waals surface area (Å²) in [5.41, 5.74) is 0.119. The van der Waals surface area contributed by atoms with Crippen molar-refractivity contribution in [2.75, 3.05) is 13.1 Å². The van der Waals surface area contributed by atoms with Crippen LogP contribution in [-0.4, -0.2) is 47.5 Å². The second kappa shape index (κ2) is 5.87. The number of halogens is 1. The standard InChI is InChI=1S/C13H23ClN4O2S/c1-13(2,3)18-7-5-10(6-8-18)16-21(19,20)12-11(14)17(4)9-15-12/h9-10,16H,5-8H2,1-4H3. The smallest absolute Gasteiger partial charge is 0.261 e. The number of imidazole rings is 1. The molecule has 0 aromatic carbocycles. The zero-order valence-corrected chi connectivity index (χ0v) is 14.5. The van der Waals surface area contributed by atoms with Gasteiger partial charge in [0.1, 0.15) is 5.15 Å². The maximum absolute atomic E-state index is 12.3. The van der Waals surface area contributed by atoms with Crippen LogP contribution < -0.4 is 4.72 Å². The van der Waals surface area contributed by atoms with Crippen LogP contribution in [0.5, 0.6) is 0 Å². The molecule has 2 heterocycles. The van der Waals surface area contributed by atoms with Gasteiger partial charge in [-0.2, -0.15) is 0 Å². The number of aryl methyl sites for hydroxylation is 1. The van der Waals surface area contributed by atoms with Crippen molar-refractivity contribution >= 4 is 21.6 Å². The van der Waals surface area contributed by atoms with Gasteiger partial charge in [0, 0.05) is 31.7 Å². The van der Waals surface area contributed by atoms with E-state index < -0.39 is 10.0 Å². The van der Waals surface area contributed by atoms with Gasteiger partial charge in [-0.3, -0.25) is 4.90 Å². The molecule has 0 bridgehead atoms. The molecule has 8 heteroatoms. The Morgan fingerprint density at radius 2 is 1.90 bits per heavy atom. The summed E-state index contributed by atoms with van der Waals surface area (Å²) in [5.74, 6) is 0. The van der Waals surface area contributed by atoms with E-state index in [4.69, 9.17) is 11.6 Å². The molecule has 1 fully saturated rings. The number of hydrogen-bond acceptors (Lipinski definition) is 4. The first-order valence-corrected chi connectivity index (χ1v) is 8.91. The Morgan fingerprint density at radius 1 is 1.33 bits per heavy atom. The second-order valence-electron chi connectivity index (χ2n) is 6.50. The first kappa shape index (κ1) is 16.7. The van der Waals surface area contributed by atoms with E-state index in [1.165, 1.54) is 10.9 Å². The Bertz CT molecular complexity index is 598. The number of sulfonamides is 1. The Labute approximate surface area is 131 Å². The lowest BCUT2D eigenvalue weighted by Gasteiger charge is -2.40. The minimum absolute atomic E-state index is 0.0633. The van der Waals surface area contributed by atoms with Gasteiger partial charge in [-0.1, -0.05) is 11.6 Å². The lowest BCUT2D eigenvalue weighted by molar-refractivity contribution is 0.100. The van der Waals surface area contributed by atoms with Crippen LogP contribution in [0.4, 0.5) is 0 Å². The SMILES string of the molecule is Cn1cnc(S(=O)(=O)NC2CCN(C(C)(C)C)CC2)c1Cl. The van der Waals surface area contributed by atoms with Gasteiger partial charge >= 0.3 is 0 Å². The number of rotatable bonds is 3. The predicted octanol–water partition coefficient (Wildman–Crippen LogP) is 1.61. The topological polar surface area (TPSA) is 67.2 Å². The van der Waals surface area contributed by atoms with Gasteiger partial charge in [-0.25, -0.2) is 18.1 Å². The molecule has 0 aliphatic carbocycles. The van der Waals surface area contributed by atoms with Crippen LogP contribution in [0.1, 0.15) is 33.6 Å². The van der Waals surface area contributed by atoms with Crippen molar-refractivity contribution in [1.82, 2.24) is 19.2 Å². The number of likely N-dealkylation sites (tertiary alicyclic amines) is 1. The van der Waals surface area contributed by atoms with Crippen molar-refractivity contribution in [3.05, 3.63) is 11.5 Å². The van der Waals surface area contributed by atoms with Crippen LogP contribution in [0.2, 0.25) is 5.15 Å². The molecule has 0 spiro atoms. The van der Waals surface area contributed by atoms with Crippen LogP contribution in [0.15, 0.2) is 11.4 Å². The fraction of sp³-hybridized carbons (Fsp3) is 0.769. The van der Waals surface area contributed by atoms with E-state index in [1.807, 2.05) is 0 Å². The van der Waals surface area contributed by atoms with Crippen molar-refractivity contribution in [3.63, 3.8) is 0 Å². The molecule has 1 aromatic heterocycles. The summed E-state index contributed by atoms with van der Waals surface area (Å²) >= 11 is 5.97. The number of nitrogens with one attached hydrogen (secondary N) is 1. The molecule has 1 aromatic rings. The minimum Gasteiger partial charge on any atom is -0.324 e. The van der Waals surface area contributed by atoms with Gasteiger partial charge in [-0.05, 0) is 33.6 Å². The molecule has 1 aliphatic rings. The third-order valence-electron chi connectivity index (χ3n) is 3.85. The van der Waals surface area contributed by atoms with Crippen LogP contribution in [0, 0.1) is 0 Å². The van der Waals surface area contributed by atoms with Crippen LogP contribution in [0.25, 0.3) is 0 Å². The largest absolute Gasteiger partial charge is 0.324 e. The molecule has 21 heavy (non-hydrogen) atoms. The highest BCUT2D eigenvalue weighted by Gasteiger charge is 2.31. The van der Waals surface area contributed by atoms with Gasteiger partial charge in [0.2, 0.25) is 5.03 Å². The molecule has 1 aliphatic heterocycles. The van der Waals surface area contributed by atoms with E-state index in [9.17, 15) is 8.42 Å². The Balaban J connectivity index is 2.02. The van der Waals surface area contributed by atoms with Crippen LogP contribution >= 0.6 is 11.6 Å². The highest BCUT2D eigenvalue weighted by molar-refractivity contribution is 7.89. The molecule has 0 radical (unpaired) electrons. The normalized spacial score (nSPS) is 19.1. The highest BCUT2D eigenvalue weighted by Crippen LogP contribution is 2.23. The van der Waals surface area contributed by atoms with Crippen LogP contribution in [-0.2, 0) is 17.1 Å². The molecule has 1 saturated heterocycles. The van der Waals surface area contributed by atoms with Crippen molar-refractivity contribution in [2.24, 2.45) is 7.05 Å². The van der Waals surface area contributed by atoms with Crippen LogP contribution in [0.3, 0.4) is 0 Å². The molecular weight excluding hydrogens is 312 g/mol. The van der Waals surface area contributed by atoms with E-state index in [2.05, 4.69) is 35.4 Å². The molecule has 0 amide bonds. The first-order chi connectivity index (χ1) is 9.61. The third-order valence-corrected chi connectivity index (χ3v) is 5.86. The molecular formula is C13H23ClN4O2S. The van der Waals surface area contributed by atoms with Gasteiger partial charge in [0.15, 0.2) is 0 Å². The van der Waals surface area contributed by atoms with E-state index in [1.54, 1.807) is 7.05 Å². The molecule has 1 N–H and O–H groups in total. The Kier molecular flexibility index (Phi) is 4.68. The fourth-order valence-corrected chi connectivity index (χ4v) is 4.25. The molecule has 0 saturated carbocycles. The molecule has 6 nitrogen and oxygen atoms in total. The quantitative estimate of drug-likeness (QED) is 0.912. The summed E-state index contributed by atoms with van der Waals surface area (Å²) in [6, 6.07) is -0.0633. The number of hydrogen-bond donors (Lipinski definition) is 1. The van der Waals surface area contributed by atoms with Gasteiger partial charge < -0.3 is 4.57 Å². The van der Waals surface area contributed by atoms with Gasteiger partial charge in [0.05, 0.1) is 6.33 Å². The average molecular weight is 335 g/mol. The summed E-state index contributed by atoms with van der Waals surface area (Å²) in [7, 11) is -1.99. The molecule has 2 rings (SSSR count). The summed E-state index contributed by atoms with van der Waals surface area (Å²) < 4.78 is 28.9. The number of nitrogens with zero attached hydrogens (tertiary/aromatic N) is 3. The summed E-state index contributed by atoms with van der Waals surface area (Å²) in [4.78, 5) is 6.24. The lowest BCUT2D eigenvalue weighted by atomic mass is 9.99. The van der Waals surface area contributed by atoms with Crippen molar-refractivity contribution in [2.45, 2.75) is 50.2 Å². The average Bonchev–Trinajstić information content (AvgIpc) is 2.69.